The molecule has 2 aromatic rings. The molecule has 110 valence electrons. The Morgan fingerprint density at radius 3 is 2.70 bits per heavy atom. The zero-order chi connectivity index (χ0) is 14.7. The van der Waals surface area contributed by atoms with E-state index in [1.807, 2.05) is 29.4 Å². The number of aryl methyl sites for hydroxylation is 3. The summed E-state index contributed by atoms with van der Waals surface area (Å²) in [6.45, 7) is 7.06. The molecule has 1 atom stereocenters. The molecule has 2 rings (SSSR count). The molecule has 0 aliphatic carbocycles. The molecule has 0 fully saturated rings. The molecule has 2 aromatic heterocycles. The number of rotatable bonds is 6. The molecular formula is C15H24N4O. The molecular weight excluding hydrogens is 252 g/mol. The van der Waals surface area contributed by atoms with Gasteiger partial charge in [0.15, 0.2) is 0 Å². The van der Waals surface area contributed by atoms with Crippen molar-refractivity contribution < 1.29 is 5.11 Å². The Bertz CT molecular complexity index is 570. The number of hydrogen-bond acceptors (Lipinski definition) is 3. The highest BCUT2D eigenvalue weighted by atomic mass is 16.3. The molecule has 0 aliphatic rings. The van der Waals surface area contributed by atoms with Crippen LogP contribution in [0, 0.1) is 13.8 Å². The van der Waals surface area contributed by atoms with Crippen molar-refractivity contribution in [3.05, 3.63) is 34.9 Å². The molecule has 5 nitrogen and oxygen atoms in total. The van der Waals surface area contributed by atoms with E-state index in [0.29, 0.717) is 6.42 Å². The summed E-state index contributed by atoms with van der Waals surface area (Å²) in [4.78, 5) is 0. The highest BCUT2D eigenvalue weighted by Crippen LogP contribution is 2.22. The van der Waals surface area contributed by atoms with Gasteiger partial charge in [-0.1, -0.05) is 6.92 Å². The van der Waals surface area contributed by atoms with Gasteiger partial charge in [0.2, 0.25) is 0 Å². The van der Waals surface area contributed by atoms with Crippen LogP contribution in [0.5, 0.6) is 0 Å². The third-order valence-electron chi connectivity index (χ3n) is 3.85. The summed E-state index contributed by atoms with van der Waals surface area (Å²) >= 11 is 0. The minimum atomic E-state index is -0.469. The van der Waals surface area contributed by atoms with Gasteiger partial charge in [-0.15, -0.1) is 0 Å². The zero-order valence-electron chi connectivity index (χ0n) is 12.8. The highest BCUT2D eigenvalue weighted by molar-refractivity contribution is 5.24. The second-order valence-corrected chi connectivity index (χ2v) is 5.31. The van der Waals surface area contributed by atoms with Gasteiger partial charge >= 0.3 is 0 Å². The lowest BCUT2D eigenvalue weighted by Crippen LogP contribution is -2.10. The van der Waals surface area contributed by atoms with Crippen LogP contribution in [0.3, 0.4) is 0 Å². The standard InChI is InChI=1S/C15H24N4O/c1-5-10-19-14(8-9-16-19)15(20)7-6-13-11(2)17-18(4)12(13)3/h8-9,15,20H,5-7,10H2,1-4H3. The fraction of sp³-hybridized carbons (Fsp3) is 0.600. The number of aliphatic hydroxyl groups is 1. The maximum atomic E-state index is 10.4. The Kier molecular flexibility index (Phi) is 4.60. The minimum Gasteiger partial charge on any atom is -0.387 e. The first kappa shape index (κ1) is 14.8. The van der Waals surface area contributed by atoms with E-state index in [4.69, 9.17) is 0 Å². The fourth-order valence-corrected chi connectivity index (χ4v) is 2.63. The molecule has 2 heterocycles. The Balaban J connectivity index is 2.05. The van der Waals surface area contributed by atoms with Crippen LogP contribution in [0.25, 0.3) is 0 Å². The third kappa shape index (κ3) is 2.93. The van der Waals surface area contributed by atoms with Crippen LogP contribution in [0.1, 0.15) is 48.5 Å². The van der Waals surface area contributed by atoms with Crippen molar-refractivity contribution in [1.29, 1.82) is 0 Å². The number of hydrogen-bond donors (Lipinski definition) is 1. The van der Waals surface area contributed by atoms with Crippen LogP contribution in [-0.4, -0.2) is 24.7 Å². The van der Waals surface area contributed by atoms with Crippen LogP contribution in [-0.2, 0) is 20.0 Å². The summed E-state index contributed by atoms with van der Waals surface area (Å²) in [7, 11) is 1.96. The van der Waals surface area contributed by atoms with E-state index in [9.17, 15) is 5.11 Å². The van der Waals surface area contributed by atoms with Crippen LogP contribution in [0.4, 0.5) is 0 Å². The maximum absolute atomic E-state index is 10.4. The van der Waals surface area contributed by atoms with Crippen LogP contribution >= 0.6 is 0 Å². The van der Waals surface area contributed by atoms with Crippen LogP contribution in [0.2, 0.25) is 0 Å². The first-order valence-corrected chi connectivity index (χ1v) is 7.23. The largest absolute Gasteiger partial charge is 0.387 e. The van der Waals surface area contributed by atoms with Gasteiger partial charge in [0.25, 0.3) is 0 Å². The van der Waals surface area contributed by atoms with Crippen molar-refractivity contribution in [3.63, 3.8) is 0 Å². The Hall–Kier alpha value is -1.62. The molecule has 5 heteroatoms. The highest BCUT2D eigenvalue weighted by Gasteiger charge is 2.16. The van der Waals surface area contributed by atoms with Gasteiger partial charge in [-0.05, 0) is 44.7 Å². The first-order valence-electron chi connectivity index (χ1n) is 7.23. The van der Waals surface area contributed by atoms with E-state index >= 15 is 0 Å². The summed E-state index contributed by atoms with van der Waals surface area (Å²) < 4.78 is 3.80. The fourth-order valence-electron chi connectivity index (χ4n) is 2.63. The van der Waals surface area contributed by atoms with E-state index in [2.05, 4.69) is 24.0 Å². The van der Waals surface area contributed by atoms with E-state index in [-0.39, 0.29) is 0 Å². The number of aliphatic hydroxyl groups excluding tert-OH is 1. The van der Waals surface area contributed by atoms with Crippen LogP contribution < -0.4 is 0 Å². The molecule has 0 aliphatic heterocycles. The molecule has 0 aromatic carbocycles. The predicted octanol–water partition coefficient (Wildman–Crippen LogP) is 2.31. The molecule has 0 saturated heterocycles. The number of aromatic nitrogens is 4. The average molecular weight is 276 g/mol. The SMILES string of the molecule is CCCn1nccc1C(O)CCc1c(C)nn(C)c1C. The van der Waals surface area contributed by atoms with E-state index in [1.54, 1.807) is 6.20 Å². The molecule has 20 heavy (non-hydrogen) atoms. The van der Waals surface area contributed by atoms with Crippen molar-refractivity contribution in [3.8, 4) is 0 Å². The monoisotopic (exact) mass is 276 g/mol. The van der Waals surface area contributed by atoms with Gasteiger partial charge < -0.3 is 5.11 Å². The van der Waals surface area contributed by atoms with Gasteiger partial charge in [0, 0.05) is 25.5 Å². The quantitative estimate of drug-likeness (QED) is 0.881. The lowest BCUT2D eigenvalue weighted by atomic mass is 10.0. The summed E-state index contributed by atoms with van der Waals surface area (Å²) in [5.41, 5.74) is 4.38. The van der Waals surface area contributed by atoms with Crippen molar-refractivity contribution >= 4 is 0 Å². The Morgan fingerprint density at radius 2 is 2.10 bits per heavy atom. The van der Waals surface area contributed by atoms with E-state index < -0.39 is 6.10 Å². The predicted molar refractivity (Wildman–Crippen MR) is 78.5 cm³/mol. The molecule has 1 N–H and O–H groups in total. The van der Waals surface area contributed by atoms with E-state index in [1.165, 1.54) is 11.3 Å². The second kappa shape index (κ2) is 6.22. The summed E-state index contributed by atoms with van der Waals surface area (Å²) in [5.74, 6) is 0. The smallest absolute Gasteiger partial charge is 0.0959 e. The lowest BCUT2D eigenvalue weighted by Gasteiger charge is -2.13. The molecule has 0 saturated carbocycles. The molecule has 1 unspecified atom stereocenters. The second-order valence-electron chi connectivity index (χ2n) is 5.31. The Labute approximate surface area is 120 Å². The van der Waals surface area contributed by atoms with Gasteiger partial charge in [-0.25, -0.2) is 0 Å². The van der Waals surface area contributed by atoms with Gasteiger partial charge in [0.1, 0.15) is 0 Å². The van der Waals surface area contributed by atoms with Crippen molar-refractivity contribution in [2.45, 2.75) is 52.7 Å². The molecule has 0 radical (unpaired) electrons. The van der Waals surface area contributed by atoms with Crippen molar-refractivity contribution in [2.24, 2.45) is 7.05 Å². The summed E-state index contributed by atoms with van der Waals surface area (Å²) in [5, 5.41) is 19.1. The van der Waals surface area contributed by atoms with Crippen LogP contribution in [0.15, 0.2) is 12.3 Å². The van der Waals surface area contributed by atoms with Gasteiger partial charge in [0.05, 0.1) is 17.5 Å². The van der Waals surface area contributed by atoms with Gasteiger partial charge in [-0.2, -0.15) is 10.2 Å². The van der Waals surface area contributed by atoms with Crippen molar-refractivity contribution in [2.75, 3.05) is 0 Å². The lowest BCUT2D eigenvalue weighted by molar-refractivity contribution is 0.156. The normalized spacial score (nSPS) is 12.8. The minimum absolute atomic E-state index is 0.469. The molecule has 0 spiro atoms. The molecule has 0 bridgehead atoms. The summed E-state index contributed by atoms with van der Waals surface area (Å²) in [6, 6.07) is 1.91. The van der Waals surface area contributed by atoms with Crippen molar-refractivity contribution in [1.82, 2.24) is 19.6 Å². The van der Waals surface area contributed by atoms with Gasteiger partial charge in [-0.3, -0.25) is 9.36 Å². The third-order valence-corrected chi connectivity index (χ3v) is 3.85. The number of nitrogens with zero attached hydrogens (tertiary/aromatic N) is 4. The average Bonchev–Trinajstić information content (AvgIpc) is 2.95. The maximum Gasteiger partial charge on any atom is 0.0959 e. The molecule has 0 amide bonds. The first-order chi connectivity index (χ1) is 9.54. The topological polar surface area (TPSA) is 55.9 Å². The summed E-state index contributed by atoms with van der Waals surface area (Å²) in [6.07, 6.45) is 3.84. The van der Waals surface area contributed by atoms with E-state index in [0.717, 1.165) is 30.8 Å². The zero-order valence-corrected chi connectivity index (χ0v) is 12.8. The Morgan fingerprint density at radius 1 is 1.35 bits per heavy atom.